The highest BCUT2D eigenvalue weighted by Gasteiger charge is 1.77. The third-order valence-electron chi connectivity index (χ3n) is 1.11. The summed E-state index contributed by atoms with van der Waals surface area (Å²) in [6.07, 6.45) is 6.21. The van der Waals surface area contributed by atoms with Crippen molar-refractivity contribution in [3.8, 4) is 0 Å². The minimum atomic E-state index is 1.26. The van der Waals surface area contributed by atoms with Crippen LogP contribution in [0, 0.1) is 0 Å². The van der Waals surface area contributed by atoms with Crippen molar-refractivity contribution in [2.45, 2.75) is 53.9 Å². The molecular formula is C11H27N. The minimum Gasteiger partial charge on any atom is -0.333 e. The molecule has 0 aromatic carbocycles. The topological polar surface area (TPSA) is 26.0 Å². The fraction of sp³-hybridized carbons (Fsp3) is 0.818. The van der Waals surface area contributed by atoms with Crippen LogP contribution < -0.4 is 5.73 Å². The fourth-order valence-corrected chi connectivity index (χ4v) is 0.595. The average Bonchev–Trinajstić information content (AvgIpc) is 2.12. The second-order valence-electron chi connectivity index (χ2n) is 2.42. The van der Waals surface area contributed by atoms with E-state index in [0.29, 0.717) is 0 Å². The second kappa shape index (κ2) is 22.4. The second-order valence-corrected chi connectivity index (χ2v) is 2.42. The minimum absolute atomic E-state index is 1.26. The van der Waals surface area contributed by atoms with Crippen LogP contribution in [0.4, 0.5) is 0 Å². The van der Waals surface area contributed by atoms with Gasteiger partial charge in [0.1, 0.15) is 0 Å². The first kappa shape index (κ1) is 17.7. The summed E-state index contributed by atoms with van der Waals surface area (Å²) < 4.78 is 0. The molecule has 0 aliphatic rings. The van der Waals surface area contributed by atoms with Crippen molar-refractivity contribution in [1.29, 1.82) is 0 Å². The predicted octanol–water partition coefficient (Wildman–Crippen LogP) is 3.74. The molecule has 0 amide bonds. The third kappa shape index (κ3) is 33.2. The van der Waals surface area contributed by atoms with Crippen LogP contribution in [0.25, 0.3) is 0 Å². The van der Waals surface area contributed by atoms with E-state index in [4.69, 9.17) is 0 Å². The van der Waals surface area contributed by atoms with Gasteiger partial charge in [-0.15, -0.1) is 0 Å². The van der Waals surface area contributed by atoms with E-state index < -0.39 is 0 Å². The Morgan fingerprint density at radius 1 is 1.17 bits per heavy atom. The highest BCUT2D eigenvalue weighted by molar-refractivity contribution is 4.92. The van der Waals surface area contributed by atoms with Crippen LogP contribution in [-0.4, -0.2) is 7.05 Å². The van der Waals surface area contributed by atoms with Gasteiger partial charge in [-0.1, -0.05) is 45.3 Å². The molecule has 0 spiro atoms. The first-order valence-corrected chi connectivity index (χ1v) is 4.98. The maximum Gasteiger partial charge on any atom is -0.0195 e. The number of hydrogen-bond acceptors (Lipinski definition) is 1. The molecule has 0 saturated heterocycles. The molecule has 0 bridgehead atoms. The Labute approximate surface area is 79.1 Å². The van der Waals surface area contributed by atoms with Crippen molar-refractivity contribution in [1.82, 2.24) is 0 Å². The first-order valence-electron chi connectivity index (χ1n) is 4.98. The predicted molar refractivity (Wildman–Crippen MR) is 60.4 cm³/mol. The number of allylic oxidation sites excluding steroid dienone is 2. The molecule has 0 fully saturated rings. The van der Waals surface area contributed by atoms with Crippen LogP contribution in [0.1, 0.15) is 53.9 Å². The summed E-state index contributed by atoms with van der Waals surface area (Å²) in [5, 5.41) is 0. The fourth-order valence-electron chi connectivity index (χ4n) is 0.595. The molecule has 2 N–H and O–H groups in total. The van der Waals surface area contributed by atoms with Crippen molar-refractivity contribution in [2.75, 3.05) is 7.05 Å². The van der Waals surface area contributed by atoms with Gasteiger partial charge in [0.25, 0.3) is 0 Å². The van der Waals surface area contributed by atoms with Crippen molar-refractivity contribution >= 4 is 0 Å². The molecule has 0 unspecified atom stereocenters. The third-order valence-corrected chi connectivity index (χ3v) is 1.11. The standard InChI is InChI=1S/C8H16.C2H6.CH5N/c1-4-5-6-7-8(2)3;2*1-2/h7H,4-6H2,1-3H3;1-2H3;2H2,1H3. The molecule has 1 heteroatoms. The Morgan fingerprint density at radius 3 is 1.83 bits per heavy atom. The summed E-state index contributed by atoms with van der Waals surface area (Å²) in [6, 6.07) is 0. The molecular weight excluding hydrogens is 146 g/mol. The Bertz CT molecular complexity index is 71.1. The van der Waals surface area contributed by atoms with Crippen molar-refractivity contribution < 1.29 is 0 Å². The van der Waals surface area contributed by atoms with Crippen molar-refractivity contribution in [2.24, 2.45) is 5.73 Å². The zero-order chi connectivity index (χ0) is 10.4. The van der Waals surface area contributed by atoms with Crippen molar-refractivity contribution in [3.05, 3.63) is 11.6 Å². The average molecular weight is 173 g/mol. The summed E-state index contributed by atoms with van der Waals surface area (Å²) in [7, 11) is 1.50. The van der Waals surface area contributed by atoms with Gasteiger partial charge in [0.2, 0.25) is 0 Å². The summed E-state index contributed by atoms with van der Waals surface area (Å²) in [4.78, 5) is 0. The van der Waals surface area contributed by atoms with Gasteiger partial charge < -0.3 is 5.73 Å². The molecule has 12 heavy (non-hydrogen) atoms. The Morgan fingerprint density at radius 2 is 1.58 bits per heavy atom. The van der Waals surface area contributed by atoms with Crippen LogP contribution in [0.15, 0.2) is 11.6 Å². The molecule has 1 nitrogen and oxygen atoms in total. The quantitative estimate of drug-likeness (QED) is 0.510. The summed E-state index contributed by atoms with van der Waals surface area (Å²) in [6.45, 7) is 10.5. The molecule has 0 rings (SSSR count). The van der Waals surface area contributed by atoms with Gasteiger partial charge in [-0.25, -0.2) is 0 Å². The SMILES string of the molecule is CC.CCCCC=C(C)C.CN. The lowest BCUT2D eigenvalue weighted by atomic mass is 10.2. The molecule has 0 atom stereocenters. The molecule has 76 valence electrons. The summed E-state index contributed by atoms with van der Waals surface area (Å²) in [5.41, 5.74) is 5.94. The van der Waals surface area contributed by atoms with Crippen LogP contribution in [0.2, 0.25) is 0 Å². The number of hydrogen-bond donors (Lipinski definition) is 1. The van der Waals surface area contributed by atoms with Gasteiger partial charge in [0.05, 0.1) is 0 Å². The number of nitrogens with two attached hydrogens (primary N) is 1. The molecule has 0 radical (unpaired) electrons. The van der Waals surface area contributed by atoms with Gasteiger partial charge in [-0.3, -0.25) is 0 Å². The maximum atomic E-state index is 4.50. The molecule has 0 heterocycles. The maximum absolute atomic E-state index is 4.50. The van der Waals surface area contributed by atoms with E-state index in [9.17, 15) is 0 Å². The molecule has 0 aromatic rings. The van der Waals surface area contributed by atoms with E-state index in [0.717, 1.165) is 0 Å². The van der Waals surface area contributed by atoms with E-state index in [1.54, 1.807) is 0 Å². The number of unbranched alkanes of at least 4 members (excludes halogenated alkanes) is 2. The van der Waals surface area contributed by atoms with E-state index in [1.807, 2.05) is 13.8 Å². The van der Waals surface area contributed by atoms with Gasteiger partial charge in [-0.05, 0) is 27.3 Å². The Hall–Kier alpha value is -0.300. The summed E-state index contributed by atoms with van der Waals surface area (Å²) in [5.74, 6) is 0. The van der Waals surface area contributed by atoms with E-state index in [1.165, 1.54) is 31.9 Å². The largest absolute Gasteiger partial charge is 0.333 e. The lowest BCUT2D eigenvalue weighted by Gasteiger charge is -1.89. The van der Waals surface area contributed by atoms with Gasteiger partial charge in [0.15, 0.2) is 0 Å². The van der Waals surface area contributed by atoms with Crippen LogP contribution in [-0.2, 0) is 0 Å². The smallest absolute Gasteiger partial charge is 0.0195 e. The molecule has 0 aromatic heterocycles. The molecule has 0 saturated carbocycles. The Balaban J connectivity index is -0.000000175. The van der Waals surface area contributed by atoms with E-state index in [-0.39, 0.29) is 0 Å². The number of rotatable bonds is 3. The molecule has 0 aliphatic heterocycles. The van der Waals surface area contributed by atoms with Crippen LogP contribution >= 0.6 is 0 Å². The first-order chi connectivity index (χ1) is 5.77. The van der Waals surface area contributed by atoms with Crippen LogP contribution in [0.5, 0.6) is 0 Å². The lowest BCUT2D eigenvalue weighted by molar-refractivity contribution is 0.811. The zero-order valence-corrected chi connectivity index (χ0v) is 9.78. The van der Waals surface area contributed by atoms with Gasteiger partial charge in [-0.2, -0.15) is 0 Å². The highest BCUT2D eigenvalue weighted by Crippen LogP contribution is 1.98. The van der Waals surface area contributed by atoms with E-state index in [2.05, 4.69) is 32.6 Å². The van der Waals surface area contributed by atoms with Gasteiger partial charge in [0, 0.05) is 0 Å². The monoisotopic (exact) mass is 173 g/mol. The summed E-state index contributed by atoms with van der Waals surface area (Å²) >= 11 is 0. The Kier molecular flexibility index (Phi) is 33.1. The molecule has 0 aliphatic carbocycles. The lowest BCUT2D eigenvalue weighted by Crippen LogP contribution is -1.69. The normalized spacial score (nSPS) is 6.92. The zero-order valence-electron chi connectivity index (χ0n) is 9.78. The van der Waals surface area contributed by atoms with Crippen molar-refractivity contribution in [3.63, 3.8) is 0 Å². The highest BCUT2D eigenvalue weighted by atomic mass is 14.4. The van der Waals surface area contributed by atoms with Gasteiger partial charge >= 0.3 is 0 Å². The van der Waals surface area contributed by atoms with Crippen LogP contribution in [0.3, 0.4) is 0 Å². The van der Waals surface area contributed by atoms with E-state index >= 15 is 0 Å².